The Morgan fingerprint density at radius 3 is 2.10 bits per heavy atom. The van der Waals surface area contributed by atoms with Crippen molar-refractivity contribution >= 4 is 36.7 Å². The average molecular weight is 811 g/mol. The molecular weight excluding hydrogens is 763 g/mol. The smallest absolute Gasteiger partial charge is 0.263 e. The lowest BCUT2D eigenvalue weighted by Gasteiger charge is -2.35. The molecule has 0 fully saturated rings. The lowest BCUT2D eigenvalue weighted by molar-refractivity contribution is 0.751. The number of anilines is 1. The molecular formula is C58H47BN4. The highest BCUT2D eigenvalue weighted by atomic mass is 15.1. The van der Waals surface area contributed by atoms with Gasteiger partial charge in [0.05, 0.1) is 22.3 Å². The molecule has 4 nitrogen and oxygen atoms in total. The fourth-order valence-corrected chi connectivity index (χ4v) is 8.93. The standard InChI is InChI=1S/C58H47BN4/c1-41(32-35-55-42(2)52-29-13-15-31-57(52)62(55)50-26-10-5-11-27-50)43-33-34-45-20-12-14-30-56(45)63(59-37-36-43)51-28-17-24-48(39-51)47-23-16-25-49(38-47)54-40-53(44-18-6-3-7-19-44)60-58(61-54)46-21-8-4-9-22-46/h3-29,31-33,35-40,56,59H,2,30,34H2,1H3/b37-36-,41-32+,43-33+,55-35+. The monoisotopic (exact) mass is 810 g/mol. The summed E-state index contributed by atoms with van der Waals surface area (Å²) in [7, 11) is 0.782. The third-order valence-corrected chi connectivity index (χ3v) is 12.2. The second kappa shape index (κ2) is 17.7. The molecule has 302 valence electrons. The lowest BCUT2D eigenvalue weighted by Crippen LogP contribution is -2.39. The molecule has 0 spiro atoms. The zero-order chi connectivity index (χ0) is 42.5. The number of nitrogens with zero attached hydrogens (tertiary/aromatic N) is 4. The van der Waals surface area contributed by atoms with Crippen LogP contribution in [0.15, 0.2) is 229 Å². The molecule has 3 heterocycles. The number of allylic oxidation sites excluding steroid dienone is 7. The van der Waals surface area contributed by atoms with Gasteiger partial charge in [0, 0.05) is 44.7 Å². The Morgan fingerprint density at radius 1 is 0.667 bits per heavy atom. The molecule has 2 aliphatic rings. The summed E-state index contributed by atoms with van der Waals surface area (Å²) in [6.07, 6.45) is 17.9. The Morgan fingerprint density at radius 2 is 1.30 bits per heavy atom. The highest BCUT2D eigenvalue weighted by Crippen LogP contribution is 2.34. The van der Waals surface area contributed by atoms with Gasteiger partial charge in [-0.3, -0.25) is 0 Å². The first kappa shape index (κ1) is 39.4. The molecule has 1 aliphatic carbocycles. The molecule has 10 rings (SSSR count). The molecule has 0 amide bonds. The van der Waals surface area contributed by atoms with E-state index in [4.69, 9.17) is 9.97 Å². The third-order valence-electron chi connectivity index (χ3n) is 12.2. The van der Waals surface area contributed by atoms with Gasteiger partial charge in [0.2, 0.25) is 0 Å². The van der Waals surface area contributed by atoms with Gasteiger partial charge in [0.15, 0.2) is 5.82 Å². The number of hydrogen-bond donors (Lipinski definition) is 0. The number of hydrogen-bond acceptors (Lipinski definition) is 3. The quantitative estimate of drug-likeness (QED) is 0.143. The Labute approximate surface area is 370 Å². The first-order valence-electron chi connectivity index (χ1n) is 21.8. The van der Waals surface area contributed by atoms with Gasteiger partial charge < -0.3 is 9.38 Å². The molecule has 1 atom stereocenters. The van der Waals surface area contributed by atoms with Gasteiger partial charge in [-0.15, -0.1) is 0 Å². The molecule has 2 aromatic heterocycles. The molecule has 0 saturated carbocycles. The van der Waals surface area contributed by atoms with Crippen LogP contribution in [0, 0.1) is 0 Å². The van der Waals surface area contributed by atoms with Crippen LogP contribution < -0.4 is 15.4 Å². The summed E-state index contributed by atoms with van der Waals surface area (Å²) in [6, 6.07) is 59.8. The predicted octanol–water partition coefficient (Wildman–Crippen LogP) is 12.2. The Balaban J connectivity index is 0.966. The summed E-state index contributed by atoms with van der Waals surface area (Å²) in [5.74, 6) is 3.04. The van der Waals surface area contributed by atoms with E-state index in [1.54, 1.807) is 0 Å². The van der Waals surface area contributed by atoms with Crippen molar-refractivity contribution < 1.29 is 0 Å². The van der Waals surface area contributed by atoms with Gasteiger partial charge in [-0.25, -0.2) is 9.97 Å². The highest BCUT2D eigenvalue weighted by Gasteiger charge is 2.24. The molecule has 0 bridgehead atoms. The molecule has 63 heavy (non-hydrogen) atoms. The molecule has 1 aliphatic heterocycles. The summed E-state index contributed by atoms with van der Waals surface area (Å²) in [6.45, 7) is 6.76. The minimum Gasteiger partial charge on any atom is -0.408 e. The minimum atomic E-state index is 0.247. The van der Waals surface area contributed by atoms with Gasteiger partial charge in [0.1, 0.15) is 0 Å². The molecule has 1 unspecified atom stereocenters. The zero-order valence-corrected chi connectivity index (χ0v) is 35.5. The molecule has 6 aromatic carbocycles. The molecule has 0 saturated heterocycles. The first-order valence-corrected chi connectivity index (χ1v) is 21.8. The van der Waals surface area contributed by atoms with Crippen molar-refractivity contribution in [3.05, 3.63) is 240 Å². The topological polar surface area (TPSA) is 34.0 Å². The van der Waals surface area contributed by atoms with E-state index < -0.39 is 0 Å². The Hall–Kier alpha value is -7.76. The Bertz CT molecular complexity index is 3170. The molecule has 8 aromatic rings. The van der Waals surface area contributed by atoms with Gasteiger partial charge in [-0.1, -0.05) is 176 Å². The van der Waals surface area contributed by atoms with Crippen LogP contribution >= 0.6 is 0 Å². The molecule has 0 radical (unpaired) electrons. The van der Waals surface area contributed by atoms with E-state index in [0.717, 1.165) is 75.7 Å². The first-order chi connectivity index (χ1) is 31.1. The van der Waals surface area contributed by atoms with Crippen LogP contribution in [0.5, 0.6) is 0 Å². The van der Waals surface area contributed by atoms with Crippen LogP contribution in [0.25, 0.3) is 74.3 Å². The van der Waals surface area contributed by atoms with Crippen molar-refractivity contribution in [2.45, 2.75) is 25.8 Å². The van der Waals surface area contributed by atoms with Crippen LogP contribution in [0.1, 0.15) is 19.8 Å². The largest absolute Gasteiger partial charge is 0.408 e. The van der Waals surface area contributed by atoms with Crippen molar-refractivity contribution in [2.75, 3.05) is 4.81 Å². The summed E-state index contributed by atoms with van der Waals surface area (Å²) in [5.41, 5.74) is 14.6. The zero-order valence-electron chi connectivity index (χ0n) is 35.5. The van der Waals surface area contributed by atoms with Crippen molar-refractivity contribution in [1.29, 1.82) is 0 Å². The average Bonchev–Trinajstić information content (AvgIpc) is 3.68. The van der Waals surface area contributed by atoms with E-state index in [9.17, 15) is 0 Å². The van der Waals surface area contributed by atoms with Crippen molar-refractivity contribution in [2.24, 2.45) is 0 Å². The summed E-state index contributed by atoms with van der Waals surface area (Å²) in [5, 5.41) is 3.30. The molecule has 5 heteroatoms. The maximum Gasteiger partial charge on any atom is 0.263 e. The fraction of sp³-hybridized carbons (Fsp3) is 0.0690. The maximum absolute atomic E-state index is 5.12. The second-order valence-electron chi connectivity index (χ2n) is 16.2. The normalized spacial score (nSPS) is 16.8. The van der Waals surface area contributed by atoms with Crippen molar-refractivity contribution in [3.63, 3.8) is 0 Å². The van der Waals surface area contributed by atoms with Crippen molar-refractivity contribution in [3.8, 4) is 50.7 Å². The van der Waals surface area contributed by atoms with Crippen LogP contribution in [0.2, 0.25) is 0 Å². The van der Waals surface area contributed by atoms with E-state index in [0.29, 0.717) is 5.82 Å². The van der Waals surface area contributed by atoms with Crippen LogP contribution in [0.4, 0.5) is 5.69 Å². The number of aromatic nitrogens is 3. The predicted molar refractivity (Wildman–Crippen MR) is 267 cm³/mol. The van der Waals surface area contributed by atoms with Gasteiger partial charge >= 0.3 is 0 Å². The van der Waals surface area contributed by atoms with Crippen LogP contribution in [-0.4, -0.2) is 28.0 Å². The SMILES string of the molecule is C=c1\c(=C/C=C(C)/C2=C/CC3=CC=CCC3N(c3cccc(-c4cccc(-c5cc(-c6ccccc6)nc(-c6ccccc6)n5)c4)c3)B/C=C\2)n(-c2ccccc2)c2ccccc12. The molecule has 0 N–H and O–H groups in total. The fourth-order valence-electron chi connectivity index (χ4n) is 8.93. The van der Waals surface area contributed by atoms with E-state index in [2.05, 4.69) is 217 Å². The number of fused-ring (bicyclic) bond motifs is 2. The summed E-state index contributed by atoms with van der Waals surface area (Å²) < 4.78 is 2.32. The number of rotatable bonds is 8. The number of benzene rings is 6. The highest BCUT2D eigenvalue weighted by molar-refractivity contribution is 6.48. The lowest BCUT2D eigenvalue weighted by atomic mass is 9.82. The van der Waals surface area contributed by atoms with E-state index >= 15 is 0 Å². The second-order valence-corrected chi connectivity index (χ2v) is 16.2. The van der Waals surface area contributed by atoms with Crippen molar-refractivity contribution in [1.82, 2.24) is 14.5 Å². The third kappa shape index (κ3) is 8.22. The van der Waals surface area contributed by atoms with E-state index in [1.165, 1.54) is 33.4 Å². The van der Waals surface area contributed by atoms with Gasteiger partial charge in [-0.2, -0.15) is 0 Å². The van der Waals surface area contributed by atoms with E-state index in [-0.39, 0.29) is 6.04 Å². The Kier molecular flexibility index (Phi) is 11.1. The maximum atomic E-state index is 5.12. The van der Waals surface area contributed by atoms with Crippen LogP contribution in [-0.2, 0) is 0 Å². The van der Waals surface area contributed by atoms with Gasteiger partial charge in [-0.05, 0) is 96.2 Å². The summed E-state index contributed by atoms with van der Waals surface area (Å²) in [4.78, 5) is 12.7. The van der Waals surface area contributed by atoms with Crippen LogP contribution in [0.3, 0.4) is 0 Å². The minimum absolute atomic E-state index is 0.247. The van der Waals surface area contributed by atoms with Gasteiger partial charge in [0.25, 0.3) is 7.41 Å². The number of para-hydroxylation sites is 2. The van der Waals surface area contributed by atoms with E-state index in [1.807, 2.05) is 24.3 Å². The summed E-state index contributed by atoms with van der Waals surface area (Å²) >= 11 is 0.